The molecule has 2 rings (SSSR count). The van der Waals surface area contributed by atoms with E-state index in [1.807, 2.05) is 24.3 Å². The molecule has 0 radical (unpaired) electrons. The van der Waals surface area contributed by atoms with Crippen molar-refractivity contribution in [2.45, 2.75) is 19.9 Å². The predicted octanol–water partition coefficient (Wildman–Crippen LogP) is 3.85. The van der Waals surface area contributed by atoms with Crippen molar-refractivity contribution in [3.63, 3.8) is 0 Å². The Balaban J connectivity index is 2.52. The SMILES string of the molecule is CC(C)[C@@H](N)c1cc2c(Br)cccc2o1. The lowest BCUT2D eigenvalue weighted by Crippen LogP contribution is -2.15. The van der Waals surface area contributed by atoms with Crippen LogP contribution in [0.4, 0.5) is 0 Å². The van der Waals surface area contributed by atoms with Crippen molar-refractivity contribution >= 4 is 26.9 Å². The summed E-state index contributed by atoms with van der Waals surface area (Å²) in [6.07, 6.45) is 0. The fourth-order valence-corrected chi connectivity index (χ4v) is 2.00. The van der Waals surface area contributed by atoms with E-state index in [1.54, 1.807) is 0 Å². The van der Waals surface area contributed by atoms with Gasteiger partial charge in [0.25, 0.3) is 0 Å². The van der Waals surface area contributed by atoms with E-state index in [1.165, 1.54) is 0 Å². The van der Waals surface area contributed by atoms with Crippen LogP contribution in [-0.2, 0) is 0 Å². The van der Waals surface area contributed by atoms with Gasteiger partial charge in [-0.05, 0) is 24.1 Å². The molecule has 1 heterocycles. The molecule has 2 aromatic rings. The van der Waals surface area contributed by atoms with Gasteiger partial charge in [-0.25, -0.2) is 0 Å². The Morgan fingerprint density at radius 2 is 2.07 bits per heavy atom. The van der Waals surface area contributed by atoms with Gasteiger partial charge in [-0.1, -0.05) is 35.8 Å². The molecule has 80 valence electrons. The van der Waals surface area contributed by atoms with Crippen LogP contribution in [0.1, 0.15) is 25.6 Å². The zero-order chi connectivity index (χ0) is 11.0. The average Bonchev–Trinajstić information content (AvgIpc) is 2.61. The number of fused-ring (bicyclic) bond motifs is 1. The number of halogens is 1. The molecule has 1 atom stereocenters. The molecule has 1 aromatic heterocycles. The molecule has 0 saturated heterocycles. The summed E-state index contributed by atoms with van der Waals surface area (Å²) in [6, 6.07) is 7.90. The highest BCUT2D eigenvalue weighted by Gasteiger charge is 2.16. The van der Waals surface area contributed by atoms with Gasteiger partial charge >= 0.3 is 0 Å². The normalized spacial score (nSPS) is 13.7. The molecule has 0 amide bonds. The lowest BCUT2D eigenvalue weighted by molar-refractivity contribution is 0.418. The first kappa shape index (κ1) is 10.7. The summed E-state index contributed by atoms with van der Waals surface area (Å²) in [6.45, 7) is 4.18. The largest absolute Gasteiger partial charge is 0.459 e. The van der Waals surface area contributed by atoms with Gasteiger partial charge in [0.1, 0.15) is 11.3 Å². The molecular formula is C12H14BrNO. The molecule has 0 unspecified atom stereocenters. The Kier molecular flexibility index (Phi) is 2.85. The number of benzene rings is 1. The third-order valence-corrected chi connectivity index (χ3v) is 3.27. The maximum Gasteiger partial charge on any atom is 0.135 e. The second kappa shape index (κ2) is 3.99. The number of rotatable bonds is 2. The first-order valence-electron chi connectivity index (χ1n) is 5.03. The highest BCUT2D eigenvalue weighted by molar-refractivity contribution is 9.10. The lowest BCUT2D eigenvalue weighted by Gasteiger charge is -2.11. The van der Waals surface area contributed by atoms with Crippen molar-refractivity contribution in [2.24, 2.45) is 11.7 Å². The van der Waals surface area contributed by atoms with Gasteiger partial charge in [0.2, 0.25) is 0 Å². The molecule has 2 nitrogen and oxygen atoms in total. The standard InChI is InChI=1S/C12H14BrNO/c1-7(2)12(14)11-6-8-9(13)4-3-5-10(8)15-11/h3-7,12H,14H2,1-2H3/t12-/m1/s1. The van der Waals surface area contributed by atoms with Crippen LogP contribution in [0.15, 0.2) is 33.2 Å². The van der Waals surface area contributed by atoms with Gasteiger partial charge in [0, 0.05) is 9.86 Å². The Morgan fingerprint density at radius 3 is 2.67 bits per heavy atom. The second-order valence-electron chi connectivity index (χ2n) is 4.07. The molecule has 2 N–H and O–H groups in total. The Labute approximate surface area is 97.6 Å². The minimum atomic E-state index is -0.0377. The summed E-state index contributed by atoms with van der Waals surface area (Å²) in [5, 5.41) is 1.09. The van der Waals surface area contributed by atoms with E-state index in [0.29, 0.717) is 5.92 Å². The fraction of sp³-hybridized carbons (Fsp3) is 0.333. The van der Waals surface area contributed by atoms with Crippen molar-refractivity contribution in [1.29, 1.82) is 0 Å². The van der Waals surface area contributed by atoms with E-state index in [-0.39, 0.29) is 6.04 Å². The van der Waals surface area contributed by atoms with E-state index in [4.69, 9.17) is 10.2 Å². The van der Waals surface area contributed by atoms with E-state index in [0.717, 1.165) is 21.2 Å². The van der Waals surface area contributed by atoms with E-state index in [2.05, 4.69) is 29.8 Å². The molecule has 0 aliphatic heterocycles. The maximum absolute atomic E-state index is 6.04. The smallest absolute Gasteiger partial charge is 0.135 e. The van der Waals surface area contributed by atoms with Crippen LogP contribution in [0.5, 0.6) is 0 Å². The quantitative estimate of drug-likeness (QED) is 0.898. The van der Waals surface area contributed by atoms with Crippen molar-refractivity contribution in [3.05, 3.63) is 34.5 Å². The highest BCUT2D eigenvalue weighted by Crippen LogP contribution is 2.30. The minimum absolute atomic E-state index is 0.0377. The van der Waals surface area contributed by atoms with Crippen molar-refractivity contribution in [2.75, 3.05) is 0 Å². The van der Waals surface area contributed by atoms with Gasteiger partial charge in [-0.3, -0.25) is 0 Å². The molecule has 1 aromatic carbocycles. The van der Waals surface area contributed by atoms with Crippen LogP contribution in [0.3, 0.4) is 0 Å². The number of nitrogens with two attached hydrogens (primary N) is 1. The van der Waals surface area contributed by atoms with E-state index >= 15 is 0 Å². The van der Waals surface area contributed by atoms with Crippen molar-refractivity contribution in [1.82, 2.24) is 0 Å². The molecule has 15 heavy (non-hydrogen) atoms. The zero-order valence-electron chi connectivity index (χ0n) is 8.83. The van der Waals surface area contributed by atoms with Gasteiger partial charge < -0.3 is 10.2 Å². The summed E-state index contributed by atoms with van der Waals surface area (Å²) in [4.78, 5) is 0. The highest BCUT2D eigenvalue weighted by atomic mass is 79.9. The third kappa shape index (κ3) is 1.94. The van der Waals surface area contributed by atoms with E-state index in [9.17, 15) is 0 Å². The molecule has 0 aliphatic rings. The first-order chi connectivity index (χ1) is 7.09. The maximum atomic E-state index is 6.04. The molecule has 0 spiro atoms. The van der Waals surface area contributed by atoms with Crippen molar-refractivity contribution < 1.29 is 4.42 Å². The van der Waals surface area contributed by atoms with Crippen LogP contribution in [0.25, 0.3) is 11.0 Å². The Bertz CT molecular complexity index is 475. The lowest BCUT2D eigenvalue weighted by atomic mass is 10.0. The predicted molar refractivity (Wildman–Crippen MR) is 65.7 cm³/mol. The monoisotopic (exact) mass is 267 g/mol. The van der Waals surface area contributed by atoms with Crippen LogP contribution in [0, 0.1) is 5.92 Å². The summed E-state index contributed by atoms with van der Waals surface area (Å²) in [5.41, 5.74) is 6.93. The molecule has 0 fully saturated rings. The summed E-state index contributed by atoms with van der Waals surface area (Å²) in [5.74, 6) is 1.23. The minimum Gasteiger partial charge on any atom is -0.459 e. The topological polar surface area (TPSA) is 39.2 Å². The summed E-state index contributed by atoms with van der Waals surface area (Å²) in [7, 11) is 0. The average molecular weight is 268 g/mol. The summed E-state index contributed by atoms with van der Waals surface area (Å²) >= 11 is 3.50. The van der Waals surface area contributed by atoms with Gasteiger partial charge in [0.05, 0.1) is 6.04 Å². The zero-order valence-corrected chi connectivity index (χ0v) is 10.4. The van der Waals surface area contributed by atoms with Gasteiger partial charge in [0.15, 0.2) is 0 Å². The van der Waals surface area contributed by atoms with Gasteiger partial charge in [-0.15, -0.1) is 0 Å². The molecular weight excluding hydrogens is 254 g/mol. The fourth-order valence-electron chi connectivity index (χ4n) is 1.54. The van der Waals surface area contributed by atoms with Crippen LogP contribution in [0.2, 0.25) is 0 Å². The van der Waals surface area contributed by atoms with Gasteiger partial charge in [-0.2, -0.15) is 0 Å². The molecule has 0 bridgehead atoms. The molecule has 0 saturated carbocycles. The Hall–Kier alpha value is -0.800. The molecule has 3 heteroatoms. The van der Waals surface area contributed by atoms with Crippen LogP contribution in [-0.4, -0.2) is 0 Å². The van der Waals surface area contributed by atoms with Crippen LogP contribution >= 0.6 is 15.9 Å². The van der Waals surface area contributed by atoms with Crippen molar-refractivity contribution in [3.8, 4) is 0 Å². The third-order valence-electron chi connectivity index (χ3n) is 2.57. The first-order valence-corrected chi connectivity index (χ1v) is 5.82. The van der Waals surface area contributed by atoms with E-state index < -0.39 is 0 Å². The Morgan fingerprint density at radius 1 is 1.33 bits per heavy atom. The second-order valence-corrected chi connectivity index (χ2v) is 4.92. The number of hydrogen-bond acceptors (Lipinski definition) is 2. The molecule has 0 aliphatic carbocycles. The number of hydrogen-bond donors (Lipinski definition) is 1. The van der Waals surface area contributed by atoms with Crippen LogP contribution < -0.4 is 5.73 Å². The number of furan rings is 1. The summed E-state index contributed by atoms with van der Waals surface area (Å²) < 4.78 is 6.76.